The second-order valence-corrected chi connectivity index (χ2v) is 4.39. The molecule has 0 aromatic heterocycles. The highest BCUT2D eigenvalue weighted by atomic mass is 79.9. The summed E-state index contributed by atoms with van der Waals surface area (Å²) in [5.74, 6) is 0. The maximum absolute atomic E-state index is 5.89. The monoisotopic (exact) mass is 240 g/mol. The lowest BCUT2D eigenvalue weighted by atomic mass is 10.1. The van der Waals surface area contributed by atoms with Crippen molar-refractivity contribution in [3.05, 3.63) is 28.2 Å². The van der Waals surface area contributed by atoms with E-state index in [2.05, 4.69) is 26.9 Å². The average molecular weight is 241 g/mol. The van der Waals surface area contributed by atoms with Gasteiger partial charge in [-0.25, -0.2) is 0 Å². The van der Waals surface area contributed by atoms with Crippen molar-refractivity contribution < 1.29 is 0 Å². The zero-order valence-corrected chi connectivity index (χ0v) is 9.05. The first-order valence-corrected chi connectivity index (χ1v) is 5.31. The highest BCUT2D eigenvalue weighted by Gasteiger charge is 2.14. The molecular weight excluding hydrogens is 228 g/mol. The molecule has 0 saturated carbocycles. The molecule has 0 amide bonds. The molecule has 0 aliphatic carbocycles. The Morgan fingerprint density at radius 2 is 2.15 bits per heavy atom. The number of benzene rings is 1. The van der Waals surface area contributed by atoms with E-state index in [1.54, 1.807) is 0 Å². The Kier molecular flexibility index (Phi) is 2.56. The van der Waals surface area contributed by atoms with Crippen LogP contribution in [0.2, 0.25) is 0 Å². The van der Waals surface area contributed by atoms with Crippen LogP contribution < -0.4 is 5.73 Å². The molecule has 0 unspecified atom stereocenters. The van der Waals surface area contributed by atoms with Gasteiger partial charge in [-0.3, -0.25) is 4.90 Å². The number of anilines is 1. The van der Waals surface area contributed by atoms with Crippen molar-refractivity contribution in [3.8, 4) is 0 Å². The van der Waals surface area contributed by atoms with Gasteiger partial charge < -0.3 is 5.73 Å². The summed E-state index contributed by atoms with van der Waals surface area (Å²) in [5, 5.41) is 0. The van der Waals surface area contributed by atoms with E-state index in [9.17, 15) is 0 Å². The van der Waals surface area contributed by atoms with Gasteiger partial charge in [0.1, 0.15) is 0 Å². The fourth-order valence-corrected chi connectivity index (χ4v) is 1.87. The summed E-state index contributed by atoms with van der Waals surface area (Å²) in [4.78, 5) is 2.40. The molecule has 1 aromatic carbocycles. The molecule has 1 aromatic rings. The number of nitrogens with two attached hydrogens (primary N) is 1. The molecule has 2 rings (SSSR count). The number of likely N-dealkylation sites (tertiary alicyclic amines) is 1. The van der Waals surface area contributed by atoms with E-state index in [0.717, 1.165) is 16.7 Å². The predicted octanol–water partition coefficient (Wildman–Crippen LogP) is 2.24. The molecule has 1 heterocycles. The Morgan fingerprint density at radius 3 is 2.69 bits per heavy atom. The summed E-state index contributed by atoms with van der Waals surface area (Å²) < 4.78 is 1.05. The van der Waals surface area contributed by atoms with Gasteiger partial charge in [0.2, 0.25) is 0 Å². The Hall–Kier alpha value is -0.540. The zero-order chi connectivity index (χ0) is 9.26. The third-order valence-corrected chi connectivity index (χ3v) is 2.94. The lowest BCUT2D eigenvalue weighted by molar-refractivity contribution is 0.173. The van der Waals surface area contributed by atoms with Crippen molar-refractivity contribution in [2.45, 2.75) is 13.0 Å². The molecule has 0 bridgehead atoms. The quantitative estimate of drug-likeness (QED) is 0.804. The minimum atomic E-state index is 0.890. The predicted molar refractivity (Wildman–Crippen MR) is 58.4 cm³/mol. The number of nitrogens with zero attached hydrogens (tertiary/aromatic N) is 1. The Balaban J connectivity index is 2.10. The van der Waals surface area contributed by atoms with E-state index in [1.807, 2.05) is 12.1 Å². The number of rotatable bonds is 2. The van der Waals surface area contributed by atoms with Crippen LogP contribution in [0.4, 0.5) is 5.69 Å². The van der Waals surface area contributed by atoms with Crippen LogP contribution in [0.5, 0.6) is 0 Å². The second kappa shape index (κ2) is 3.68. The van der Waals surface area contributed by atoms with E-state index < -0.39 is 0 Å². The van der Waals surface area contributed by atoms with Crippen molar-refractivity contribution in [1.29, 1.82) is 0 Å². The summed E-state index contributed by atoms with van der Waals surface area (Å²) in [6.07, 6.45) is 1.33. The van der Waals surface area contributed by atoms with Crippen LogP contribution in [0.3, 0.4) is 0 Å². The lowest BCUT2D eigenvalue weighted by Crippen LogP contribution is -2.36. The van der Waals surface area contributed by atoms with E-state index in [-0.39, 0.29) is 0 Å². The van der Waals surface area contributed by atoms with E-state index in [1.165, 1.54) is 25.1 Å². The highest BCUT2D eigenvalue weighted by Crippen LogP contribution is 2.21. The maximum atomic E-state index is 5.89. The van der Waals surface area contributed by atoms with Crippen LogP contribution in [0.25, 0.3) is 0 Å². The van der Waals surface area contributed by atoms with Gasteiger partial charge in [-0.2, -0.15) is 0 Å². The van der Waals surface area contributed by atoms with Crippen LogP contribution >= 0.6 is 15.9 Å². The summed E-state index contributed by atoms with van der Waals surface area (Å²) >= 11 is 3.40. The third kappa shape index (κ3) is 2.03. The Bertz CT molecular complexity index is 308. The molecule has 0 atom stereocenters. The highest BCUT2D eigenvalue weighted by molar-refractivity contribution is 9.10. The Labute approximate surface area is 86.9 Å². The molecule has 3 heteroatoms. The minimum Gasteiger partial charge on any atom is -0.398 e. The fraction of sp³-hybridized carbons (Fsp3) is 0.400. The molecule has 0 radical (unpaired) electrons. The minimum absolute atomic E-state index is 0.890. The number of halogens is 1. The van der Waals surface area contributed by atoms with Gasteiger partial charge in [0.25, 0.3) is 0 Å². The normalized spacial score (nSPS) is 17.0. The van der Waals surface area contributed by atoms with Crippen molar-refractivity contribution in [2.75, 3.05) is 18.8 Å². The molecule has 1 aliphatic heterocycles. The maximum Gasteiger partial charge on any atom is 0.0371 e. The Morgan fingerprint density at radius 1 is 1.38 bits per heavy atom. The molecule has 13 heavy (non-hydrogen) atoms. The van der Waals surface area contributed by atoms with Gasteiger partial charge in [0.05, 0.1) is 0 Å². The molecule has 1 aliphatic rings. The molecule has 1 saturated heterocycles. The van der Waals surface area contributed by atoms with Crippen molar-refractivity contribution in [2.24, 2.45) is 0 Å². The fourth-order valence-electron chi connectivity index (χ4n) is 1.49. The van der Waals surface area contributed by atoms with Crippen LogP contribution in [-0.4, -0.2) is 18.0 Å². The molecule has 70 valence electrons. The number of hydrogen-bond acceptors (Lipinski definition) is 2. The van der Waals surface area contributed by atoms with E-state index in [0.29, 0.717) is 0 Å². The molecular formula is C10H13BrN2. The molecule has 1 fully saturated rings. The van der Waals surface area contributed by atoms with Crippen molar-refractivity contribution in [3.63, 3.8) is 0 Å². The van der Waals surface area contributed by atoms with Crippen molar-refractivity contribution >= 4 is 21.6 Å². The standard InChI is InChI=1S/C10H13BrN2/c11-9-3-2-8(10(12)6-9)7-13-4-1-5-13/h2-3,6H,1,4-5,7,12H2. The van der Waals surface area contributed by atoms with E-state index >= 15 is 0 Å². The van der Waals surface area contributed by atoms with Crippen LogP contribution in [0, 0.1) is 0 Å². The number of nitrogen functional groups attached to an aromatic ring is 1. The van der Waals surface area contributed by atoms with Gasteiger partial charge in [-0.05, 0) is 37.2 Å². The van der Waals surface area contributed by atoms with Crippen LogP contribution in [-0.2, 0) is 6.54 Å². The summed E-state index contributed by atoms with van der Waals surface area (Å²) in [6, 6.07) is 6.11. The van der Waals surface area contributed by atoms with Gasteiger partial charge in [-0.15, -0.1) is 0 Å². The van der Waals surface area contributed by atoms with Gasteiger partial charge >= 0.3 is 0 Å². The molecule has 0 spiro atoms. The topological polar surface area (TPSA) is 29.3 Å². The smallest absolute Gasteiger partial charge is 0.0371 e. The van der Waals surface area contributed by atoms with E-state index in [4.69, 9.17) is 5.73 Å². The second-order valence-electron chi connectivity index (χ2n) is 3.47. The zero-order valence-electron chi connectivity index (χ0n) is 7.46. The van der Waals surface area contributed by atoms with Gasteiger partial charge in [-0.1, -0.05) is 22.0 Å². The SMILES string of the molecule is Nc1cc(Br)ccc1CN1CCC1. The van der Waals surface area contributed by atoms with Crippen LogP contribution in [0.1, 0.15) is 12.0 Å². The summed E-state index contributed by atoms with van der Waals surface area (Å²) in [7, 11) is 0. The lowest BCUT2D eigenvalue weighted by Gasteiger charge is -2.31. The first kappa shape index (κ1) is 9.03. The summed E-state index contributed by atoms with van der Waals surface area (Å²) in [5.41, 5.74) is 8.02. The van der Waals surface area contributed by atoms with Gasteiger partial charge in [0, 0.05) is 16.7 Å². The van der Waals surface area contributed by atoms with Gasteiger partial charge in [0.15, 0.2) is 0 Å². The van der Waals surface area contributed by atoms with Crippen LogP contribution in [0.15, 0.2) is 22.7 Å². The average Bonchev–Trinajstić information content (AvgIpc) is 1.99. The third-order valence-electron chi connectivity index (χ3n) is 2.45. The number of hydrogen-bond donors (Lipinski definition) is 1. The molecule has 2 nitrogen and oxygen atoms in total. The first-order chi connectivity index (χ1) is 6.25. The molecule has 2 N–H and O–H groups in total. The van der Waals surface area contributed by atoms with Crippen molar-refractivity contribution in [1.82, 2.24) is 4.90 Å². The largest absolute Gasteiger partial charge is 0.398 e. The first-order valence-electron chi connectivity index (χ1n) is 4.52. The summed E-state index contributed by atoms with van der Waals surface area (Å²) in [6.45, 7) is 3.43.